The van der Waals surface area contributed by atoms with Gasteiger partial charge in [-0.05, 0) is 36.4 Å². The van der Waals surface area contributed by atoms with Crippen LogP contribution < -0.4 is 4.74 Å². The van der Waals surface area contributed by atoms with Crippen molar-refractivity contribution in [2.75, 3.05) is 0 Å². The standard InChI is InChI=1S/C16H11Cl2NO3/c1-19-14-5-3-10(6-9(14)7-15(19)16(20)21)22-11-2-4-12(17)13(18)8-11/h2-8H,1H3,(H,20,21). The van der Waals surface area contributed by atoms with Crippen molar-refractivity contribution in [2.24, 2.45) is 7.05 Å². The number of aromatic nitrogens is 1. The second-order valence-corrected chi connectivity index (χ2v) is 5.61. The molecule has 0 radical (unpaired) electrons. The molecule has 112 valence electrons. The van der Waals surface area contributed by atoms with Gasteiger partial charge in [0.15, 0.2) is 0 Å². The summed E-state index contributed by atoms with van der Waals surface area (Å²) < 4.78 is 7.36. The van der Waals surface area contributed by atoms with E-state index in [1.165, 1.54) is 0 Å². The average Bonchev–Trinajstić information content (AvgIpc) is 2.80. The molecule has 0 fully saturated rings. The van der Waals surface area contributed by atoms with Gasteiger partial charge in [0.05, 0.1) is 10.0 Å². The Morgan fingerprint density at radius 1 is 1.05 bits per heavy atom. The summed E-state index contributed by atoms with van der Waals surface area (Å²) in [7, 11) is 1.71. The monoisotopic (exact) mass is 335 g/mol. The molecule has 0 saturated carbocycles. The zero-order valence-corrected chi connectivity index (χ0v) is 13.0. The zero-order chi connectivity index (χ0) is 15.9. The van der Waals surface area contributed by atoms with Crippen LogP contribution in [0.4, 0.5) is 0 Å². The van der Waals surface area contributed by atoms with Crippen LogP contribution in [-0.4, -0.2) is 15.6 Å². The van der Waals surface area contributed by atoms with Crippen LogP contribution in [0.5, 0.6) is 11.5 Å². The Bertz CT molecular complexity index is 886. The number of aromatic carboxylic acids is 1. The summed E-state index contributed by atoms with van der Waals surface area (Å²) in [6, 6.07) is 12.0. The predicted molar refractivity (Wildman–Crippen MR) is 86.4 cm³/mol. The van der Waals surface area contributed by atoms with E-state index >= 15 is 0 Å². The number of carboxylic acid groups (broad SMARTS) is 1. The first-order valence-electron chi connectivity index (χ1n) is 6.41. The largest absolute Gasteiger partial charge is 0.477 e. The molecule has 1 heterocycles. The van der Waals surface area contributed by atoms with E-state index in [9.17, 15) is 4.79 Å². The van der Waals surface area contributed by atoms with Crippen LogP contribution in [0.1, 0.15) is 10.5 Å². The van der Waals surface area contributed by atoms with Crippen molar-refractivity contribution in [2.45, 2.75) is 0 Å². The first kappa shape index (κ1) is 14.8. The van der Waals surface area contributed by atoms with Gasteiger partial charge < -0.3 is 14.4 Å². The van der Waals surface area contributed by atoms with Crippen LogP contribution in [-0.2, 0) is 7.05 Å². The molecule has 0 aliphatic rings. The first-order valence-corrected chi connectivity index (χ1v) is 7.17. The van der Waals surface area contributed by atoms with Gasteiger partial charge in [-0.25, -0.2) is 4.79 Å². The van der Waals surface area contributed by atoms with E-state index in [1.54, 1.807) is 48.0 Å². The van der Waals surface area contributed by atoms with Crippen molar-refractivity contribution in [1.29, 1.82) is 0 Å². The number of hydrogen-bond acceptors (Lipinski definition) is 2. The third-order valence-electron chi connectivity index (χ3n) is 3.36. The number of halogens is 2. The molecule has 0 atom stereocenters. The van der Waals surface area contributed by atoms with Gasteiger partial charge in [0.1, 0.15) is 17.2 Å². The molecule has 0 unspecified atom stereocenters. The molecule has 4 nitrogen and oxygen atoms in total. The zero-order valence-electron chi connectivity index (χ0n) is 11.5. The van der Waals surface area contributed by atoms with E-state index in [2.05, 4.69) is 0 Å². The molecule has 3 aromatic rings. The van der Waals surface area contributed by atoms with E-state index in [4.69, 9.17) is 33.0 Å². The Labute approximate surface area is 136 Å². The van der Waals surface area contributed by atoms with Crippen LogP contribution >= 0.6 is 23.2 Å². The number of carbonyl (C=O) groups is 1. The molecule has 1 N–H and O–H groups in total. The molecular weight excluding hydrogens is 325 g/mol. The number of benzene rings is 2. The van der Waals surface area contributed by atoms with Crippen molar-refractivity contribution >= 4 is 40.1 Å². The summed E-state index contributed by atoms with van der Waals surface area (Å²) >= 11 is 11.8. The molecule has 6 heteroatoms. The van der Waals surface area contributed by atoms with Crippen LogP contribution in [0, 0.1) is 0 Å². The molecule has 0 aliphatic heterocycles. The maximum absolute atomic E-state index is 11.2. The lowest BCUT2D eigenvalue weighted by atomic mass is 10.2. The quantitative estimate of drug-likeness (QED) is 0.734. The Kier molecular flexibility index (Phi) is 3.72. The van der Waals surface area contributed by atoms with E-state index in [0.29, 0.717) is 21.5 Å². The van der Waals surface area contributed by atoms with Gasteiger partial charge in [-0.3, -0.25) is 0 Å². The van der Waals surface area contributed by atoms with Gasteiger partial charge >= 0.3 is 5.97 Å². The minimum absolute atomic E-state index is 0.224. The molecule has 0 saturated heterocycles. The summed E-state index contributed by atoms with van der Waals surface area (Å²) in [6.45, 7) is 0. The SMILES string of the molecule is Cn1c(C(=O)O)cc2cc(Oc3ccc(Cl)c(Cl)c3)ccc21. The second-order valence-electron chi connectivity index (χ2n) is 4.79. The number of fused-ring (bicyclic) bond motifs is 1. The van der Waals surface area contributed by atoms with Crippen molar-refractivity contribution < 1.29 is 14.6 Å². The fourth-order valence-corrected chi connectivity index (χ4v) is 2.56. The summed E-state index contributed by atoms with van der Waals surface area (Å²) in [5.74, 6) is 0.183. The highest BCUT2D eigenvalue weighted by molar-refractivity contribution is 6.42. The summed E-state index contributed by atoms with van der Waals surface area (Å²) in [4.78, 5) is 11.2. The fourth-order valence-electron chi connectivity index (χ4n) is 2.27. The van der Waals surface area contributed by atoms with Crippen LogP contribution in [0.25, 0.3) is 10.9 Å². The topological polar surface area (TPSA) is 51.5 Å². The molecule has 3 rings (SSSR count). The molecule has 0 amide bonds. The van der Waals surface area contributed by atoms with Crippen molar-refractivity contribution in [3.8, 4) is 11.5 Å². The number of nitrogens with zero attached hydrogens (tertiary/aromatic N) is 1. The smallest absolute Gasteiger partial charge is 0.352 e. The fraction of sp³-hybridized carbons (Fsp3) is 0.0625. The summed E-state index contributed by atoms with van der Waals surface area (Å²) in [5, 5.41) is 10.8. The summed E-state index contributed by atoms with van der Waals surface area (Å²) in [6.07, 6.45) is 0. The van der Waals surface area contributed by atoms with Crippen LogP contribution in [0.2, 0.25) is 10.0 Å². The Hall–Kier alpha value is -2.17. The van der Waals surface area contributed by atoms with E-state index in [-0.39, 0.29) is 5.69 Å². The summed E-state index contributed by atoms with van der Waals surface area (Å²) in [5.41, 5.74) is 1.04. The minimum atomic E-state index is -0.967. The second kappa shape index (κ2) is 5.55. The number of carboxylic acids is 1. The van der Waals surface area contributed by atoms with Gasteiger partial charge in [-0.1, -0.05) is 23.2 Å². The van der Waals surface area contributed by atoms with E-state index in [0.717, 1.165) is 10.9 Å². The average molecular weight is 336 g/mol. The first-order chi connectivity index (χ1) is 10.5. The van der Waals surface area contributed by atoms with Gasteiger partial charge in [0, 0.05) is 24.0 Å². The molecule has 0 bridgehead atoms. The number of rotatable bonds is 3. The highest BCUT2D eigenvalue weighted by Gasteiger charge is 2.12. The van der Waals surface area contributed by atoms with Crippen molar-refractivity contribution in [1.82, 2.24) is 4.57 Å². The number of hydrogen-bond donors (Lipinski definition) is 1. The lowest BCUT2D eigenvalue weighted by Gasteiger charge is -2.07. The van der Waals surface area contributed by atoms with E-state index in [1.807, 2.05) is 6.07 Å². The maximum atomic E-state index is 11.2. The highest BCUT2D eigenvalue weighted by atomic mass is 35.5. The molecular formula is C16H11Cl2NO3. The number of ether oxygens (including phenoxy) is 1. The normalized spacial score (nSPS) is 10.9. The number of aryl methyl sites for hydroxylation is 1. The Balaban J connectivity index is 1.98. The highest BCUT2D eigenvalue weighted by Crippen LogP contribution is 2.31. The van der Waals surface area contributed by atoms with Gasteiger partial charge in [-0.15, -0.1) is 0 Å². The Morgan fingerprint density at radius 2 is 1.73 bits per heavy atom. The molecule has 0 aliphatic carbocycles. The molecule has 1 aromatic heterocycles. The molecule has 0 spiro atoms. The molecule has 2 aromatic carbocycles. The van der Waals surface area contributed by atoms with Crippen LogP contribution in [0.3, 0.4) is 0 Å². The van der Waals surface area contributed by atoms with Gasteiger partial charge in [0.25, 0.3) is 0 Å². The lowest BCUT2D eigenvalue weighted by Crippen LogP contribution is -2.03. The van der Waals surface area contributed by atoms with Gasteiger partial charge in [0.2, 0.25) is 0 Å². The van der Waals surface area contributed by atoms with E-state index < -0.39 is 5.97 Å². The molecule has 22 heavy (non-hydrogen) atoms. The predicted octanol–water partition coefficient (Wildman–Crippen LogP) is 4.98. The minimum Gasteiger partial charge on any atom is -0.477 e. The van der Waals surface area contributed by atoms with Crippen molar-refractivity contribution in [3.63, 3.8) is 0 Å². The lowest BCUT2D eigenvalue weighted by molar-refractivity contribution is 0.0687. The van der Waals surface area contributed by atoms with Crippen LogP contribution in [0.15, 0.2) is 42.5 Å². The third kappa shape index (κ3) is 2.63. The van der Waals surface area contributed by atoms with Crippen molar-refractivity contribution in [3.05, 3.63) is 58.2 Å². The maximum Gasteiger partial charge on any atom is 0.352 e. The third-order valence-corrected chi connectivity index (χ3v) is 4.10. The Morgan fingerprint density at radius 3 is 2.41 bits per heavy atom. The van der Waals surface area contributed by atoms with Gasteiger partial charge in [-0.2, -0.15) is 0 Å².